The number of nitrogens with zero attached hydrogens (tertiary/aromatic N) is 1. The minimum absolute atomic E-state index is 0.0324. The van der Waals surface area contributed by atoms with Crippen molar-refractivity contribution in [1.82, 2.24) is 0 Å². The van der Waals surface area contributed by atoms with Crippen molar-refractivity contribution in [3.63, 3.8) is 0 Å². The maximum absolute atomic E-state index is 12.3. The zero-order valence-corrected chi connectivity index (χ0v) is 6.60. The Balaban J connectivity index is 3.14. The Kier molecular flexibility index (Phi) is 2.57. The van der Waals surface area contributed by atoms with E-state index in [1.54, 1.807) is 0 Å². The van der Waals surface area contributed by atoms with Crippen molar-refractivity contribution in [2.24, 2.45) is 0 Å². The van der Waals surface area contributed by atoms with Gasteiger partial charge in [-0.15, -0.1) is 0 Å². The van der Waals surface area contributed by atoms with E-state index in [1.807, 2.05) is 0 Å². The van der Waals surface area contributed by atoms with E-state index in [1.165, 1.54) is 18.2 Å². The molecular weight excluding hydrogens is 179 g/mol. The van der Waals surface area contributed by atoms with Crippen LogP contribution in [0.15, 0.2) is 24.3 Å². The first-order valence-corrected chi connectivity index (χ1v) is 3.54. The number of rotatable bonds is 1. The molecule has 0 bridgehead atoms. The van der Waals surface area contributed by atoms with Crippen molar-refractivity contribution in [2.75, 3.05) is 0 Å². The summed E-state index contributed by atoms with van der Waals surface area (Å²) in [6.45, 7) is 6.27. The van der Waals surface area contributed by atoms with Gasteiger partial charge in [0.25, 0.3) is 0 Å². The van der Waals surface area contributed by atoms with Crippen LogP contribution >= 0.6 is 0 Å². The third-order valence-electron chi connectivity index (χ3n) is 1.57. The second kappa shape index (κ2) is 3.48. The number of hydrogen-bond acceptors (Lipinski definition) is 0. The lowest BCUT2D eigenvalue weighted by molar-refractivity contribution is -0.138. The van der Waals surface area contributed by atoms with Crippen LogP contribution in [-0.2, 0) is 12.7 Å². The Bertz CT molecular complexity index is 335. The van der Waals surface area contributed by atoms with E-state index in [4.69, 9.17) is 6.57 Å². The third kappa shape index (κ3) is 2.22. The van der Waals surface area contributed by atoms with Crippen LogP contribution in [0, 0.1) is 6.57 Å². The molecule has 0 spiro atoms. The van der Waals surface area contributed by atoms with Gasteiger partial charge in [-0.3, -0.25) is 0 Å². The van der Waals surface area contributed by atoms with Crippen LogP contribution in [0.1, 0.15) is 11.1 Å². The molecule has 0 amide bonds. The fourth-order valence-corrected chi connectivity index (χ4v) is 1.02. The molecule has 0 aliphatic heterocycles. The molecule has 1 rings (SSSR count). The summed E-state index contributed by atoms with van der Waals surface area (Å²) in [6, 6.07) is 5.12. The van der Waals surface area contributed by atoms with Crippen LogP contribution in [0.2, 0.25) is 0 Å². The monoisotopic (exact) mass is 185 g/mol. The van der Waals surface area contributed by atoms with E-state index in [0.717, 1.165) is 6.07 Å². The van der Waals surface area contributed by atoms with Gasteiger partial charge in [0.2, 0.25) is 6.54 Å². The number of benzene rings is 1. The second-order valence-electron chi connectivity index (χ2n) is 2.47. The lowest BCUT2D eigenvalue weighted by atomic mass is 10.1. The van der Waals surface area contributed by atoms with Crippen LogP contribution in [0.5, 0.6) is 0 Å². The Labute approximate surface area is 73.6 Å². The predicted octanol–water partition coefficient (Wildman–Crippen LogP) is 3.12. The fourth-order valence-electron chi connectivity index (χ4n) is 1.02. The molecule has 0 aliphatic carbocycles. The molecule has 0 saturated heterocycles. The molecule has 0 fully saturated rings. The van der Waals surface area contributed by atoms with Crippen molar-refractivity contribution in [3.05, 3.63) is 46.8 Å². The average molecular weight is 185 g/mol. The summed E-state index contributed by atoms with van der Waals surface area (Å²) in [4.78, 5) is 2.93. The molecule has 0 unspecified atom stereocenters. The first-order chi connectivity index (χ1) is 6.05. The van der Waals surface area contributed by atoms with E-state index in [2.05, 4.69) is 4.85 Å². The van der Waals surface area contributed by atoms with Crippen LogP contribution in [0.3, 0.4) is 0 Å². The molecule has 0 radical (unpaired) electrons. The molecule has 0 aliphatic rings. The molecule has 1 aromatic rings. The standard InChI is InChI=1S/C9H6F3N/c1-13-6-7-4-2-3-5-8(7)9(10,11)12/h2-5H,6H2. The van der Waals surface area contributed by atoms with Gasteiger partial charge in [0.1, 0.15) is 0 Å². The van der Waals surface area contributed by atoms with Gasteiger partial charge >= 0.3 is 6.18 Å². The van der Waals surface area contributed by atoms with Crippen molar-refractivity contribution >= 4 is 0 Å². The van der Waals surface area contributed by atoms with Gasteiger partial charge in [-0.2, -0.15) is 13.2 Å². The average Bonchev–Trinajstić information content (AvgIpc) is 2.04. The summed E-state index contributed by atoms with van der Waals surface area (Å²) >= 11 is 0. The summed E-state index contributed by atoms with van der Waals surface area (Å²) in [5.74, 6) is 0. The molecular formula is C9H6F3N. The van der Waals surface area contributed by atoms with Crippen LogP contribution in [-0.4, -0.2) is 0 Å². The van der Waals surface area contributed by atoms with Crippen LogP contribution < -0.4 is 0 Å². The third-order valence-corrected chi connectivity index (χ3v) is 1.57. The first-order valence-electron chi connectivity index (χ1n) is 3.54. The highest BCUT2D eigenvalue weighted by Gasteiger charge is 2.33. The second-order valence-corrected chi connectivity index (χ2v) is 2.47. The first kappa shape index (κ1) is 9.59. The Morgan fingerprint density at radius 2 is 1.85 bits per heavy atom. The number of alkyl halides is 3. The van der Waals surface area contributed by atoms with E-state index in [-0.39, 0.29) is 12.1 Å². The van der Waals surface area contributed by atoms with Gasteiger partial charge in [-0.05, 0) is 6.07 Å². The van der Waals surface area contributed by atoms with Crippen LogP contribution in [0.25, 0.3) is 4.85 Å². The van der Waals surface area contributed by atoms with E-state index in [0.29, 0.717) is 0 Å². The van der Waals surface area contributed by atoms with E-state index in [9.17, 15) is 13.2 Å². The molecule has 1 aromatic carbocycles. The minimum atomic E-state index is -4.36. The quantitative estimate of drug-likeness (QED) is 0.592. The number of halogens is 3. The zero-order chi connectivity index (χ0) is 9.90. The molecule has 0 heterocycles. The SMILES string of the molecule is [C-]#[N+]Cc1ccccc1C(F)(F)F. The Morgan fingerprint density at radius 1 is 1.23 bits per heavy atom. The number of hydrogen-bond donors (Lipinski definition) is 0. The maximum Gasteiger partial charge on any atom is 0.416 e. The predicted molar refractivity (Wildman–Crippen MR) is 41.8 cm³/mol. The molecule has 4 heteroatoms. The van der Waals surface area contributed by atoms with Gasteiger partial charge in [-0.1, -0.05) is 18.2 Å². The molecule has 0 aromatic heterocycles. The highest BCUT2D eigenvalue weighted by atomic mass is 19.4. The largest absolute Gasteiger partial charge is 0.416 e. The molecule has 0 N–H and O–H groups in total. The topological polar surface area (TPSA) is 4.36 Å². The summed E-state index contributed by atoms with van der Waals surface area (Å²) in [5, 5.41) is 0. The summed E-state index contributed by atoms with van der Waals surface area (Å²) in [5.41, 5.74) is -0.684. The highest BCUT2D eigenvalue weighted by Crippen LogP contribution is 2.31. The maximum atomic E-state index is 12.3. The summed E-state index contributed by atoms with van der Waals surface area (Å²) < 4.78 is 36.8. The molecule has 13 heavy (non-hydrogen) atoms. The highest BCUT2D eigenvalue weighted by molar-refractivity contribution is 5.30. The van der Waals surface area contributed by atoms with Crippen molar-refractivity contribution in [1.29, 1.82) is 0 Å². The smallest absolute Gasteiger partial charge is 0.312 e. The Morgan fingerprint density at radius 3 is 2.38 bits per heavy atom. The lowest BCUT2D eigenvalue weighted by Gasteiger charge is -2.08. The lowest BCUT2D eigenvalue weighted by Crippen LogP contribution is -2.08. The van der Waals surface area contributed by atoms with Crippen molar-refractivity contribution in [3.8, 4) is 0 Å². The molecule has 1 nitrogen and oxygen atoms in total. The summed E-state index contributed by atoms with van der Waals surface area (Å²) in [7, 11) is 0. The van der Waals surface area contributed by atoms with E-state index >= 15 is 0 Å². The van der Waals surface area contributed by atoms with Gasteiger partial charge < -0.3 is 4.85 Å². The fraction of sp³-hybridized carbons (Fsp3) is 0.222. The van der Waals surface area contributed by atoms with Gasteiger partial charge in [-0.25, -0.2) is 6.57 Å². The molecule has 0 saturated carbocycles. The summed E-state index contributed by atoms with van der Waals surface area (Å²) in [6.07, 6.45) is -4.36. The van der Waals surface area contributed by atoms with Crippen molar-refractivity contribution in [2.45, 2.75) is 12.7 Å². The van der Waals surface area contributed by atoms with Crippen LogP contribution in [0.4, 0.5) is 13.2 Å². The van der Waals surface area contributed by atoms with E-state index < -0.39 is 11.7 Å². The normalized spacial score (nSPS) is 10.9. The van der Waals surface area contributed by atoms with Gasteiger partial charge in [0, 0.05) is 5.56 Å². The molecule has 68 valence electrons. The minimum Gasteiger partial charge on any atom is -0.312 e. The Hall–Kier alpha value is -1.50. The molecule has 0 atom stereocenters. The van der Waals surface area contributed by atoms with Gasteiger partial charge in [0.05, 0.1) is 5.56 Å². The van der Waals surface area contributed by atoms with Gasteiger partial charge in [0.15, 0.2) is 0 Å². The van der Waals surface area contributed by atoms with Crippen molar-refractivity contribution < 1.29 is 13.2 Å². The zero-order valence-electron chi connectivity index (χ0n) is 6.60.